The van der Waals surface area contributed by atoms with Crippen LogP contribution < -0.4 is 5.32 Å². The largest absolute Gasteiger partial charge is 0.345 e. The molecule has 1 N–H and O–H groups in total. The van der Waals surface area contributed by atoms with Gasteiger partial charge in [-0.15, -0.1) is 22.9 Å². The van der Waals surface area contributed by atoms with E-state index in [-0.39, 0.29) is 11.4 Å². The highest BCUT2D eigenvalue weighted by Gasteiger charge is 2.43. The monoisotopic (exact) mass is 249 g/mol. The van der Waals surface area contributed by atoms with Crippen molar-refractivity contribution in [2.24, 2.45) is 0 Å². The molecule has 1 aliphatic rings. The lowest BCUT2D eigenvalue weighted by atomic mass is 10.2. The first-order valence-corrected chi connectivity index (χ1v) is 6.07. The molecule has 0 saturated heterocycles. The Morgan fingerprint density at radius 3 is 2.79 bits per heavy atom. The molecule has 0 unspecified atom stereocenters. The van der Waals surface area contributed by atoms with Crippen molar-refractivity contribution < 1.29 is 4.79 Å². The molecule has 1 aromatic rings. The molecular weight excluding hydrogens is 241 g/mol. The number of hydrogen-bond acceptors (Lipinski definition) is 2. The van der Waals surface area contributed by atoms with Crippen LogP contribution in [0.3, 0.4) is 0 Å². The summed E-state index contributed by atoms with van der Waals surface area (Å²) in [5.74, 6) is 0.405. The van der Waals surface area contributed by atoms with Crippen LogP contribution in [0.2, 0.25) is 4.34 Å². The van der Waals surface area contributed by atoms with Gasteiger partial charge in [0.1, 0.15) is 0 Å². The molecule has 0 atom stereocenters. The van der Waals surface area contributed by atoms with Crippen molar-refractivity contribution in [2.75, 3.05) is 5.88 Å². The smallest absolute Gasteiger partial charge is 0.252 e. The number of nitrogens with one attached hydrogen (secondary N) is 1. The summed E-state index contributed by atoms with van der Waals surface area (Å²) in [7, 11) is 0. The third kappa shape index (κ3) is 2.05. The number of halogens is 2. The van der Waals surface area contributed by atoms with E-state index in [1.165, 1.54) is 11.3 Å². The second-order valence-electron chi connectivity index (χ2n) is 3.51. The summed E-state index contributed by atoms with van der Waals surface area (Å²) < 4.78 is 0.630. The molecule has 1 aliphatic carbocycles. The van der Waals surface area contributed by atoms with Crippen LogP contribution in [0.25, 0.3) is 0 Å². The van der Waals surface area contributed by atoms with Crippen molar-refractivity contribution in [3.63, 3.8) is 0 Å². The summed E-state index contributed by atoms with van der Waals surface area (Å²) in [6.07, 6.45) is 1.94. The van der Waals surface area contributed by atoms with Crippen LogP contribution >= 0.6 is 34.5 Å². The minimum atomic E-state index is -0.146. The van der Waals surface area contributed by atoms with Crippen molar-refractivity contribution in [3.05, 3.63) is 21.3 Å². The minimum absolute atomic E-state index is 0.0775. The number of rotatable bonds is 3. The second-order valence-corrected chi connectivity index (χ2v) is 5.32. The molecular formula is C9H9Cl2NOS. The predicted molar refractivity (Wildman–Crippen MR) is 59.5 cm³/mol. The maximum atomic E-state index is 11.7. The van der Waals surface area contributed by atoms with Gasteiger partial charge in [0, 0.05) is 11.3 Å². The molecule has 0 bridgehead atoms. The van der Waals surface area contributed by atoms with Gasteiger partial charge in [0.2, 0.25) is 0 Å². The number of carbonyl (C=O) groups excluding carboxylic acids is 1. The Balaban J connectivity index is 2.03. The summed E-state index contributed by atoms with van der Waals surface area (Å²) in [6.45, 7) is 0. The van der Waals surface area contributed by atoms with Gasteiger partial charge >= 0.3 is 0 Å². The molecule has 76 valence electrons. The summed E-state index contributed by atoms with van der Waals surface area (Å²) in [4.78, 5) is 11.7. The SMILES string of the molecule is O=C(NC1(CCl)CC1)c1csc(Cl)c1. The Labute approximate surface area is 96.2 Å². The Hall–Kier alpha value is -0.250. The molecule has 0 aromatic carbocycles. The van der Waals surface area contributed by atoms with E-state index in [9.17, 15) is 4.79 Å². The first-order valence-electron chi connectivity index (χ1n) is 4.28. The van der Waals surface area contributed by atoms with Crippen LogP contribution in [-0.2, 0) is 0 Å². The van der Waals surface area contributed by atoms with Gasteiger partial charge in [0.25, 0.3) is 5.91 Å². The van der Waals surface area contributed by atoms with E-state index >= 15 is 0 Å². The maximum Gasteiger partial charge on any atom is 0.252 e. The van der Waals surface area contributed by atoms with Crippen molar-refractivity contribution in [2.45, 2.75) is 18.4 Å². The van der Waals surface area contributed by atoms with Gasteiger partial charge in [-0.25, -0.2) is 0 Å². The number of thiophene rings is 1. The highest BCUT2D eigenvalue weighted by atomic mass is 35.5. The fourth-order valence-electron chi connectivity index (χ4n) is 1.19. The standard InChI is InChI=1S/C9H9Cl2NOS/c10-5-9(1-2-9)12-8(13)6-3-7(11)14-4-6/h3-4H,1-2,5H2,(H,12,13). The molecule has 1 fully saturated rings. The van der Waals surface area contributed by atoms with E-state index in [0.717, 1.165) is 12.8 Å². The maximum absolute atomic E-state index is 11.7. The molecule has 2 nitrogen and oxygen atoms in total. The van der Waals surface area contributed by atoms with Crippen molar-refractivity contribution in [1.29, 1.82) is 0 Å². The third-order valence-corrected chi connectivity index (χ3v) is 3.92. The summed E-state index contributed by atoms with van der Waals surface area (Å²) in [5.41, 5.74) is 0.476. The van der Waals surface area contributed by atoms with Gasteiger partial charge in [-0.05, 0) is 18.9 Å². The minimum Gasteiger partial charge on any atom is -0.345 e. The fourth-order valence-corrected chi connectivity index (χ4v) is 2.38. The van der Waals surface area contributed by atoms with Gasteiger partial charge in [-0.3, -0.25) is 4.79 Å². The van der Waals surface area contributed by atoms with E-state index in [1.54, 1.807) is 11.4 Å². The molecule has 5 heteroatoms. The van der Waals surface area contributed by atoms with Crippen LogP contribution in [0.1, 0.15) is 23.2 Å². The molecule has 1 aromatic heterocycles. The Morgan fingerprint density at radius 1 is 1.64 bits per heavy atom. The van der Waals surface area contributed by atoms with Crippen LogP contribution in [-0.4, -0.2) is 17.3 Å². The van der Waals surface area contributed by atoms with Crippen molar-refractivity contribution >= 4 is 40.4 Å². The van der Waals surface area contributed by atoms with Crippen LogP contribution in [0.15, 0.2) is 11.4 Å². The molecule has 1 heterocycles. The lowest BCUT2D eigenvalue weighted by Gasteiger charge is -2.12. The average Bonchev–Trinajstić information content (AvgIpc) is 2.80. The van der Waals surface area contributed by atoms with Crippen LogP contribution in [0, 0.1) is 0 Å². The lowest BCUT2D eigenvalue weighted by molar-refractivity contribution is 0.0936. The predicted octanol–water partition coefficient (Wildman–Crippen LogP) is 2.90. The second kappa shape index (κ2) is 3.72. The van der Waals surface area contributed by atoms with Gasteiger partial charge in [0.05, 0.1) is 15.4 Å². The first-order chi connectivity index (χ1) is 6.65. The van der Waals surface area contributed by atoms with Gasteiger partial charge in [-0.2, -0.15) is 0 Å². The zero-order valence-corrected chi connectivity index (χ0v) is 9.68. The summed E-state index contributed by atoms with van der Waals surface area (Å²) in [5, 5.41) is 4.68. The molecule has 0 spiro atoms. The van der Waals surface area contributed by atoms with Gasteiger partial charge < -0.3 is 5.32 Å². The van der Waals surface area contributed by atoms with E-state index in [1.807, 2.05) is 0 Å². The zero-order chi connectivity index (χ0) is 10.2. The van der Waals surface area contributed by atoms with Gasteiger partial charge in [-0.1, -0.05) is 11.6 Å². The van der Waals surface area contributed by atoms with Gasteiger partial charge in [0.15, 0.2) is 0 Å². The molecule has 0 radical (unpaired) electrons. The normalized spacial score (nSPS) is 17.9. The van der Waals surface area contributed by atoms with Crippen LogP contribution in [0.4, 0.5) is 0 Å². The van der Waals surface area contributed by atoms with E-state index in [0.29, 0.717) is 15.8 Å². The van der Waals surface area contributed by atoms with E-state index < -0.39 is 0 Å². The Kier molecular flexibility index (Phi) is 2.73. The Bertz CT molecular complexity index is 359. The molecule has 1 saturated carbocycles. The molecule has 14 heavy (non-hydrogen) atoms. The van der Waals surface area contributed by atoms with Crippen molar-refractivity contribution in [1.82, 2.24) is 5.32 Å². The molecule has 0 aliphatic heterocycles. The van der Waals surface area contributed by atoms with Crippen molar-refractivity contribution in [3.8, 4) is 0 Å². The van der Waals surface area contributed by atoms with E-state index in [2.05, 4.69) is 5.32 Å². The average molecular weight is 250 g/mol. The fraction of sp³-hybridized carbons (Fsp3) is 0.444. The van der Waals surface area contributed by atoms with E-state index in [4.69, 9.17) is 23.2 Å². The number of hydrogen-bond donors (Lipinski definition) is 1. The topological polar surface area (TPSA) is 29.1 Å². The lowest BCUT2D eigenvalue weighted by Crippen LogP contribution is -2.37. The zero-order valence-electron chi connectivity index (χ0n) is 7.35. The summed E-state index contributed by atoms with van der Waals surface area (Å²) >= 11 is 12.9. The number of alkyl halides is 1. The quantitative estimate of drug-likeness (QED) is 0.821. The molecule has 1 amide bonds. The highest BCUT2D eigenvalue weighted by molar-refractivity contribution is 7.14. The summed E-state index contributed by atoms with van der Waals surface area (Å²) in [6, 6.07) is 1.67. The Morgan fingerprint density at radius 2 is 2.36 bits per heavy atom. The molecule has 2 rings (SSSR count). The highest BCUT2D eigenvalue weighted by Crippen LogP contribution is 2.36. The third-order valence-electron chi connectivity index (χ3n) is 2.32. The first kappa shape index (κ1) is 10.3. The van der Waals surface area contributed by atoms with Crippen LogP contribution in [0.5, 0.6) is 0 Å². The number of amides is 1. The number of carbonyl (C=O) groups is 1.